The maximum absolute atomic E-state index is 14.4. The minimum absolute atomic E-state index is 0.193. The van der Waals surface area contributed by atoms with Crippen LogP contribution in [0.25, 0.3) is 0 Å². The molecule has 0 bridgehead atoms. The van der Waals surface area contributed by atoms with Gasteiger partial charge in [-0.25, -0.2) is 4.39 Å². The van der Waals surface area contributed by atoms with E-state index in [1.165, 1.54) is 6.07 Å². The summed E-state index contributed by atoms with van der Waals surface area (Å²) in [5.74, 6) is 0.403. The Labute approximate surface area is 165 Å². The van der Waals surface area contributed by atoms with Crippen molar-refractivity contribution >= 4 is 5.91 Å². The van der Waals surface area contributed by atoms with Crippen molar-refractivity contribution in [3.05, 3.63) is 65.0 Å². The lowest BCUT2D eigenvalue weighted by atomic mass is 9.89. The number of carbonyl (C=O) groups is 1. The highest BCUT2D eigenvalue weighted by molar-refractivity contribution is 5.95. The van der Waals surface area contributed by atoms with Gasteiger partial charge in [-0.3, -0.25) is 4.79 Å². The van der Waals surface area contributed by atoms with Crippen LogP contribution in [0.3, 0.4) is 0 Å². The van der Waals surface area contributed by atoms with E-state index in [0.29, 0.717) is 24.9 Å². The van der Waals surface area contributed by atoms with Gasteiger partial charge in [-0.1, -0.05) is 18.2 Å². The number of hydrogen-bond acceptors (Lipinski definition) is 3. The van der Waals surface area contributed by atoms with Gasteiger partial charge < -0.3 is 15.3 Å². The van der Waals surface area contributed by atoms with E-state index in [0.717, 1.165) is 49.9 Å². The van der Waals surface area contributed by atoms with Crippen molar-refractivity contribution < 1.29 is 14.3 Å². The zero-order chi connectivity index (χ0) is 19.5. The van der Waals surface area contributed by atoms with Gasteiger partial charge in [-0.15, -0.1) is 0 Å². The Morgan fingerprint density at radius 3 is 2.61 bits per heavy atom. The number of phenolic OH excluding ortho intramolecular Hbond substituents is 1. The topological polar surface area (TPSA) is 52.6 Å². The zero-order valence-electron chi connectivity index (χ0n) is 16.0. The minimum atomic E-state index is -0.426. The molecule has 4 rings (SSSR count). The molecule has 148 valence electrons. The van der Waals surface area contributed by atoms with E-state index in [1.807, 2.05) is 18.2 Å². The number of phenols is 1. The summed E-state index contributed by atoms with van der Waals surface area (Å²) in [5, 5.41) is 12.8. The van der Waals surface area contributed by atoms with Gasteiger partial charge in [0, 0.05) is 13.1 Å². The molecule has 0 aromatic heterocycles. The number of carbonyl (C=O) groups excluding carboxylic acids is 1. The van der Waals surface area contributed by atoms with E-state index in [4.69, 9.17) is 0 Å². The molecule has 0 saturated carbocycles. The van der Waals surface area contributed by atoms with Gasteiger partial charge >= 0.3 is 0 Å². The number of likely N-dealkylation sites (tertiary alicyclic amines) is 1. The molecule has 2 aliphatic heterocycles. The summed E-state index contributed by atoms with van der Waals surface area (Å²) in [6, 6.07) is 12.3. The second-order valence-corrected chi connectivity index (χ2v) is 8.04. The van der Waals surface area contributed by atoms with Crippen LogP contribution in [-0.4, -0.2) is 42.1 Å². The number of nitrogens with one attached hydrogen (secondary N) is 1. The number of nitrogens with zero attached hydrogens (tertiary/aromatic N) is 1. The summed E-state index contributed by atoms with van der Waals surface area (Å²) in [6.07, 6.45) is 3.83. The number of halogens is 1. The van der Waals surface area contributed by atoms with Crippen molar-refractivity contribution in [2.45, 2.75) is 31.6 Å². The van der Waals surface area contributed by atoms with Crippen LogP contribution in [0.4, 0.5) is 4.39 Å². The Morgan fingerprint density at radius 2 is 1.86 bits per heavy atom. The molecular formula is C23H27FN2O2. The lowest BCUT2D eigenvalue weighted by molar-refractivity contribution is 0.0782. The predicted octanol–water partition coefficient (Wildman–Crippen LogP) is 3.70. The van der Waals surface area contributed by atoms with E-state index in [9.17, 15) is 14.3 Å². The Bertz CT molecular complexity index is 831. The van der Waals surface area contributed by atoms with Crippen LogP contribution in [0, 0.1) is 11.7 Å². The van der Waals surface area contributed by atoms with E-state index < -0.39 is 5.82 Å². The molecule has 1 amide bonds. The number of hydrogen-bond donors (Lipinski definition) is 2. The lowest BCUT2D eigenvalue weighted by Gasteiger charge is -2.24. The first kappa shape index (κ1) is 18.9. The third-order valence-corrected chi connectivity index (χ3v) is 6.07. The van der Waals surface area contributed by atoms with Crippen LogP contribution < -0.4 is 5.32 Å². The van der Waals surface area contributed by atoms with Gasteiger partial charge in [0.1, 0.15) is 11.6 Å². The molecule has 2 aliphatic rings. The summed E-state index contributed by atoms with van der Waals surface area (Å²) in [7, 11) is 0. The third kappa shape index (κ3) is 4.20. The van der Waals surface area contributed by atoms with Gasteiger partial charge in [0.2, 0.25) is 0 Å². The Balaban J connectivity index is 1.43. The number of benzene rings is 2. The summed E-state index contributed by atoms with van der Waals surface area (Å²) in [4.78, 5) is 14.8. The van der Waals surface area contributed by atoms with Gasteiger partial charge in [0.25, 0.3) is 5.91 Å². The first-order valence-corrected chi connectivity index (χ1v) is 10.2. The largest absolute Gasteiger partial charge is 0.508 e. The second-order valence-electron chi connectivity index (χ2n) is 8.04. The van der Waals surface area contributed by atoms with Crippen LogP contribution in [0.15, 0.2) is 42.5 Å². The molecule has 1 unspecified atom stereocenters. The maximum atomic E-state index is 14.4. The minimum Gasteiger partial charge on any atom is -0.508 e. The summed E-state index contributed by atoms with van der Waals surface area (Å²) >= 11 is 0. The molecule has 5 heteroatoms. The van der Waals surface area contributed by atoms with Crippen molar-refractivity contribution in [3.63, 3.8) is 0 Å². The normalized spacial score (nSPS) is 20.5. The van der Waals surface area contributed by atoms with Crippen LogP contribution in [0.2, 0.25) is 0 Å². The molecule has 2 fully saturated rings. The Morgan fingerprint density at radius 1 is 1.11 bits per heavy atom. The fraction of sp³-hybridized carbons (Fsp3) is 0.435. The maximum Gasteiger partial charge on any atom is 0.256 e. The van der Waals surface area contributed by atoms with Crippen LogP contribution in [0.1, 0.15) is 46.7 Å². The fourth-order valence-electron chi connectivity index (χ4n) is 4.44. The molecule has 1 atom stereocenters. The van der Waals surface area contributed by atoms with Crippen molar-refractivity contribution in [1.82, 2.24) is 10.2 Å². The lowest BCUT2D eigenvalue weighted by Crippen LogP contribution is -2.30. The van der Waals surface area contributed by atoms with Crippen molar-refractivity contribution in [3.8, 4) is 5.75 Å². The third-order valence-electron chi connectivity index (χ3n) is 6.07. The van der Waals surface area contributed by atoms with E-state index in [1.54, 1.807) is 23.1 Å². The smallest absolute Gasteiger partial charge is 0.256 e. The molecule has 0 aliphatic carbocycles. The Hall–Kier alpha value is -2.40. The SMILES string of the molecule is O=C(c1cc(C2CCNCC2)ccc1F)N1CCC(Cc2ccc(O)cc2)C1. The van der Waals surface area contributed by atoms with Gasteiger partial charge in [0.15, 0.2) is 0 Å². The average molecular weight is 382 g/mol. The molecule has 2 saturated heterocycles. The zero-order valence-corrected chi connectivity index (χ0v) is 16.0. The molecule has 2 heterocycles. The van der Waals surface area contributed by atoms with Crippen molar-refractivity contribution in [1.29, 1.82) is 0 Å². The molecule has 2 aromatic rings. The van der Waals surface area contributed by atoms with Crippen molar-refractivity contribution in [2.24, 2.45) is 5.92 Å². The van der Waals surface area contributed by atoms with Gasteiger partial charge in [0.05, 0.1) is 5.56 Å². The summed E-state index contributed by atoms with van der Waals surface area (Å²) in [6.45, 7) is 3.25. The van der Waals surface area contributed by atoms with Crippen LogP contribution in [0.5, 0.6) is 5.75 Å². The van der Waals surface area contributed by atoms with E-state index in [2.05, 4.69) is 5.32 Å². The standard InChI is InChI=1S/C23H27FN2O2/c24-22-6-3-19(18-7-10-25-11-8-18)14-21(22)23(28)26-12-9-17(15-26)13-16-1-4-20(27)5-2-16/h1-6,14,17-18,25,27H,7-13,15H2. The highest BCUT2D eigenvalue weighted by Crippen LogP contribution is 2.29. The number of rotatable bonds is 4. The molecule has 0 spiro atoms. The van der Waals surface area contributed by atoms with Gasteiger partial charge in [-0.05, 0) is 86.0 Å². The first-order chi connectivity index (χ1) is 13.6. The highest BCUT2D eigenvalue weighted by atomic mass is 19.1. The first-order valence-electron chi connectivity index (χ1n) is 10.2. The molecule has 2 aromatic carbocycles. The number of amides is 1. The quantitative estimate of drug-likeness (QED) is 0.848. The fourth-order valence-corrected chi connectivity index (χ4v) is 4.44. The predicted molar refractivity (Wildman–Crippen MR) is 107 cm³/mol. The molecule has 0 radical (unpaired) electrons. The monoisotopic (exact) mass is 382 g/mol. The van der Waals surface area contributed by atoms with E-state index in [-0.39, 0.29) is 17.2 Å². The second kappa shape index (κ2) is 8.31. The molecule has 2 N–H and O–H groups in total. The summed E-state index contributed by atoms with van der Waals surface area (Å²) < 4.78 is 14.4. The number of aromatic hydroxyl groups is 1. The number of piperidine rings is 1. The summed E-state index contributed by atoms with van der Waals surface area (Å²) in [5.41, 5.74) is 2.43. The molecule has 28 heavy (non-hydrogen) atoms. The van der Waals surface area contributed by atoms with E-state index >= 15 is 0 Å². The van der Waals surface area contributed by atoms with Gasteiger partial charge in [-0.2, -0.15) is 0 Å². The van der Waals surface area contributed by atoms with Crippen molar-refractivity contribution in [2.75, 3.05) is 26.2 Å². The molecular weight excluding hydrogens is 355 g/mol. The average Bonchev–Trinajstić information content (AvgIpc) is 3.19. The van der Waals surface area contributed by atoms with Crippen LogP contribution in [-0.2, 0) is 6.42 Å². The Kier molecular flexibility index (Phi) is 5.62. The molecule has 4 nitrogen and oxygen atoms in total. The van der Waals surface area contributed by atoms with Crippen LogP contribution >= 0.6 is 0 Å². The highest BCUT2D eigenvalue weighted by Gasteiger charge is 2.29.